The molecule has 0 fully saturated rings. The van der Waals surface area contributed by atoms with E-state index in [9.17, 15) is 9.59 Å². The Labute approximate surface area is 174 Å². The molecule has 0 heterocycles. The summed E-state index contributed by atoms with van der Waals surface area (Å²) in [4.78, 5) is 24.5. The van der Waals surface area contributed by atoms with Crippen molar-refractivity contribution in [1.29, 1.82) is 5.26 Å². The zero-order valence-electron chi connectivity index (χ0n) is 16.4. The lowest BCUT2D eigenvalue weighted by Crippen LogP contribution is -2.31. The first-order chi connectivity index (χ1) is 14.6. The van der Waals surface area contributed by atoms with Crippen LogP contribution in [0.15, 0.2) is 78.9 Å². The van der Waals surface area contributed by atoms with Gasteiger partial charge in [-0.05, 0) is 42.8 Å². The van der Waals surface area contributed by atoms with Crippen molar-refractivity contribution < 1.29 is 19.1 Å². The van der Waals surface area contributed by atoms with E-state index in [1.807, 2.05) is 54.6 Å². The molecule has 6 nitrogen and oxygen atoms in total. The van der Waals surface area contributed by atoms with Crippen LogP contribution in [0.1, 0.15) is 12.5 Å². The van der Waals surface area contributed by atoms with Gasteiger partial charge in [0.2, 0.25) is 0 Å². The van der Waals surface area contributed by atoms with Crippen molar-refractivity contribution >= 4 is 17.6 Å². The molecule has 1 atom stereocenters. The highest BCUT2D eigenvalue weighted by Gasteiger charge is 2.19. The highest BCUT2D eigenvalue weighted by Crippen LogP contribution is 2.27. The SMILES string of the molecule is C[C@H](OC(=O)COc1ccc(C#N)cc1)C(=O)Nc1ccccc1-c1ccccc1. The highest BCUT2D eigenvalue weighted by molar-refractivity contribution is 5.98. The van der Waals surface area contributed by atoms with Crippen molar-refractivity contribution in [3.05, 3.63) is 84.4 Å². The van der Waals surface area contributed by atoms with Gasteiger partial charge in [0.15, 0.2) is 12.7 Å². The van der Waals surface area contributed by atoms with Crippen LogP contribution in [0.25, 0.3) is 11.1 Å². The number of esters is 1. The Bertz CT molecular complexity index is 1060. The third-order valence-corrected chi connectivity index (χ3v) is 4.29. The predicted octanol–water partition coefficient (Wildman–Crippen LogP) is 4.17. The fraction of sp³-hybridized carbons (Fsp3) is 0.125. The second kappa shape index (κ2) is 9.89. The maximum Gasteiger partial charge on any atom is 0.344 e. The lowest BCUT2D eigenvalue weighted by molar-refractivity contribution is -0.155. The summed E-state index contributed by atoms with van der Waals surface area (Å²) in [5.74, 6) is -0.677. The van der Waals surface area contributed by atoms with Gasteiger partial charge in [0.1, 0.15) is 5.75 Å². The number of anilines is 1. The van der Waals surface area contributed by atoms with E-state index in [0.29, 0.717) is 17.0 Å². The van der Waals surface area contributed by atoms with Gasteiger partial charge in [-0.3, -0.25) is 4.79 Å². The van der Waals surface area contributed by atoms with Gasteiger partial charge in [-0.25, -0.2) is 4.79 Å². The summed E-state index contributed by atoms with van der Waals surface area (Å²) >= 11 is 0. The molecule has 0 aliphatic rings. The van der Waals surface area contributed by atoms with E-state index in [4.69, 9.17) is 14.7 Å². The maximum absolute atomic E-state index is 12.5. The molecule has 0 aliphatic carbocycles. The summed E-state index contributed by atoms with van der Waals surface area (Å²) in [5, 5.41) is 11.6. The van der Waals surface area contributed by atoms with Crippen LogP contribution in [0.4, 0.5) is 5.69 Å². The minimum absolute atomic E-state index is 0.343. The van der Waals surface area contributed by atoms with Crippen molar-refractivity contribution in [2.45, 2.75) is 13.0 Å². The number of carbonyl (C=O) groups is 2. The fourth-order valence-corrected chi connectivity index (χ4v) is 2.75. The number of hydrogen-bond donors (Lipinski definition) is 1. The number of carbonyl (C=O) groups excluding carboxylic acids is 2. The third-order valence-electron chi connectivity index (χ3n) is 4.29. The van der Waals surface area contributed by atoms with E-state index in [0.717, 1.165) is 11.1 Å². The molecule has 3 aromatic rings. The van der Waals surface area contributed by atoms with Crippen LogP contribution in [0.5, 0.6) is 5.75 Å². The number of benzene rings is 3. The monoisotopic (exact) mass is 400 g/mol. The normalized spacial score (nSPS) is 11.1. The number of para-hydroxylation sites is 1. The molecular formula is C24H20N2O4. The zero-order chi connectivity index (χ0) is 21.3. The van der Waals surface area contributed by atoms with E-state index in [-0.39, 0.29) is 6.61 Å². The lowest BCUT2D eigenvalue weighted by atomic mass is 10.0. The Morgan fingerprint density at radius 1 is 0.967 bits per heavy atom. The second-order valence-electron chi connectivity index (χ2n) is 6.46. The van der Waals surface area contributed by atoms with Crippen LogP contribution in [-0.2, 0) is 14.3 Å². The first-order valence-corrected chi connectivity index (χ1v) is 9.34. The smallest absolute Gasteiger partial charge is 0.344 e. The summed E-state index contributed by atoms with van der Waals surface area (Å²) in [6, 6.07) is 25.4. The van der Waals surface area contributed by atoms with Crippen LogP contribution in [-0.4, -0.2) is 24.6 Å². The molecule has 0 radical (unpaired) electrons. The number of nitriles is 1. The number of rotatable bonds is 7. The van der Waals surface area contributed by atoms with Crippen LogP contribution in [0.3, 0.4) is 0 Å². The second-order valence-corrected chi connectivity index (χ2v) is 6.46. The maximum atomic E-state index is 12.5. The van der Waals surface area contributed by atoms with Gasteiger partial charge in [-0.2, -0.15) is 5.26 Å². The molecule has 0 unspecified atom stereocenters. The third kappa shape index (κ3) is 5.46. The van der Waals surface area contributed by atoms with E-state index >= 15 is 0 Å². The van der Waals surface area contributed by atoms with Gasteiger partial charge in [0, 0.05) is 11.3 Å². The number of nitrogens with one attached hydrogen (secondary N) is 1. The van der Waals surface area contributed by atoms with E-state index in [1.165, 1.54) is 6.92 Å². The predicted molar refractivity (Wildman–Crippen MR) is 113 cm³/mol. The Kier molecular flexibility index (Phi) is 6.80. The quantitative estimate of drug-likeness (QED) is 0.601. The van der Waals surface area contributed by atoms with Gasteiger partial charge in [0.25, 0.3) is 5.91 Å². The molecule has 0 aromatic heterocycles. The van der Waals surface area contributed by atoms with Crippen molar-refractivity contribution in [2.24, 2.45) is 0 Å². The molecule has 0 saturated heterocycles. The Hall–Kier alpha value is -4.11. The molecular weight excluding hydrogens is 380 g/mol. The molecule has 0 bridgehead atoms. The first kappa shape index (κ1) is 20.6. The number of nitrogens with zero attached hydrogens (tertiary/aromatic N) is 1. The molecule has 6 heteroatoms. The summed E-state index contributed by atoms with van der Waals surface area (Å²) in [7, 11) is 0. The number of amides is 1. The number of ether oxygens (including phenoxy) is 2. The minimum Gasteiger partial charge on any atom is -0.482 e. The molecule has 1 amide bonds. The zero-order valence-corrected chi connectivity index (χ0v) is 16.4. The Morgan fingerprint density at radius 2 is 1.63 bits per heavy atom. The minimum atomic E-state index is -0.995. The largest absolute Gasteiger partial charge is 0.482 e. The molecule has 3 rings (SSSR count). The van der Waals surface area contributed by atoms with Crippen molar-refractivity contribution in [1.82, 2.24) is 0 Å². The topological polar surface area (TPSA) is 88.4 Å². The molecule has 3 aromatic carbocycles. The summed E-state index contributed by atoms with van der Waals surface area (Å²) in [6.45, 7) is 1.16. The van der Waals surface area contributed by atoms with Gasteiger partial charge in [-0.1, -0.05) is 48.5 Å². The van der Waals surface area contributed by atoms with Gasteiger partial charge < -0.3 is 14.8 Å². The molecule has 1 N–H and O–H groups in total. The summed E-state index contributed by atoms with van der Waals surface area (Å²) in [6.07, 6.45) is -0.995. The van der Waals surface area contributed by atoms with Crippen molar-refractivity contribution in [2.75, 3.05) is 11.9 Å². The van der Waals surface area contributed by atoms with E-state index in [2.05, 4.69) is 5.32 Å². The van der Waals surface area contributed by atoms with Crippen LogP contribution < -0.4 is 10.1 Å². The average Bonchev–Trinajstić information content (AvgIpc) is 2.79. The molecule has 30 heavy (non-hydrogen) atoms. The summed E-state index contributed by atoms with van der Waals surface area (Å²) in [5.41, 5.74) is 2.96. The van der Waals surface area contributed by atoms with E-state index < -0.39 is 18.0 Å². The lowest BCUT2D eigenvalue weighted by Gasteiger charge is -2.16. The molecule has 150 valence electrons. The van der Waals surface area contributed by atoms with Gasteiger partial charge in [-0.15, -0.1) is 0 Å². The van der Waals surface area contributed by atoms with Crippen molar-refractivity contribution in [3.8, 4) is 22.9 Å². The molecule has 0 saturated carbocycles. The summed E-state index contributed by atoms with van der Waals surface area (Å²) < 4.78 is 10.5. The average molecular weight is 400 g/mol. The highest BCUT2D eigenvalue weighted by atomic mass is 16.6. The molecule has 0 aliphatic heterocycles. The Balaban J connectivity index is 1.56. The fourth-order valence-electron chi connectivity index (χ4n) is 2.75. The molecule has 0 spiro atoms. The van der Waals surface area contributed by atoms with Crippen LogP contribution >= 0.6 is 0 Å². The standard InChI is InChI=1S/C24H20N2O4/c1-17(30-23(27)16-29-20-13-11-18(15-25)12-14-20)24(28)26-22-10-6-5-9-21(22)19-7-3-2-4-8-19/h2-14,17H,16H2,1H3,(H,26,28)/t17-/m0/s1. The van der Waals surface area contributed by atoms with Gasteiger partial charge >= 0.3 is 5.97 Å². The van der Waals surface area contributed by atoms with Crippen LogP contribution in [0.2, 0.25) is 0 Å². The van der Waals surface area contributed by atoms with E-state index in [1.54, 1.807) is 30.3 Å². The van der Waals surface area contributed by atoms with Crippen LogP contribution in [0, 0.1) is 11.3 Å². The number of hydrogen-bond acceptors (Lipinski definition) is 5. The van der Waals surface area contributed by atoms with Crippen molar-refractivity contribution in [3.63, 3.8) is 0 Å². The first-order valence-electron chi connectivity index (χ1n) is 9.34. The Morgan fingerprint density at radius 3 is 2.33 bits per heavy atom. The van der Waals surface area contributed by atoms with Gasteiger partial charge in [0.05, 0.1) is 11.6 Å².